The van der Waals surface area contributed by atoms with Crippen LogP contribution in [0.3, 0.4) is 0 Å². The van der Waals surface area contributed by atoms with Crippen molar-refractivity contribution in [2.75, 3.05) is 0 Å². The summed E-state index contributed by atoms with van der Waals surface area (Å²) in [4.78, 5) is 29.6. The highest BCUT2D eigenvalue weighted by Crippen LogP contribution is 2.25. The van der Waals surface area contributed by atoms with Gasteiger partial charge in [-0.3, -0.25) is 9.36 Å². The van der Waals surface area contributed by atoms with Crippen LogP contribution >= 0.6 is 11.6 Å². The Kier molecular flexibility index (Phi) is 5.44. The first-order valence-corrected chi connectivity index (χ1v) is 9.43. The molecule has 1 aliphatic carbocycles. The van der Waals surface area contributed by atoms with Gasteiger partial charge in [-0.05, 0) is 45.7 Å². The normalized spacial score (nSPS) is 20.5. The van der Waals surface area contributed by atoms with Gasteiger partial charge >= 0.3 is 6.09 Å². The molecule has 2 N–H and O–H groups in total. The largest absolute Gasteiger partial charge is 0.443 e. The molecule has 2 aromatic heterocycles. The second kappa shape index (κ2) is 7.48. The zero-order valence-corrected chi connectivity index (χ0v) is 16.4. The van der Waals surface area contributed by atoms with Gasteiger partial charge in [0, 0.05) is 6.20 Å². The van der Waals surface area contributed by atoms with Gasteiger partial charge in [0.25, 0.3) is 5.91 Å². The van der Waals surface area contributed by atoms with Crippen molar-refractivity contribution in [3.05, 3.63) is 29.0 Å². The Morgan fingerprint density at radius 1 is 1.30 bits per heavy atom. The first kappa shape index (κ1) is 19.6. The lowest BCUT2D eigenvalue weighted by Crippen LogP contribution is -2.45. The maximum Gasteiger partial charge on any atom is 0.419 e. The maximum absolute atomic E-state index is 12.8. The fourth-order valence-corrected chi connectivity index (χ4v) is 3.38. The molecular weight excluding hydrogens is 370 g/mol. The van der Waals surface area contributed by atoms with E-state index in [9.17, 15) is 14.7 Å². The number of nitrogens with zero attached hydrogens (tertiary/aromatic N) is 2. The third kappa shape index (κ3) is 4.42. The molecule has 27 heavy (non-hydrogen) atoms. The zero-order chi connectivity index (χ0) is 19.8. The molecule has 146 valence electrons. The van der Waals surface area contributed by atoms with Crippen LogP contribution in [-0.4, -0.2) is 44.4 Å². The summed E-state index contributed by atoms with van der Waals surface area (Å²) in [5.41, 5.74) is 0.289. The van der Waals surface area contributed by atoms with E-state index in [0.29, 0.717) is 23.9 Å². The number of amides is 1. The predicted molar refractivity (Wildman–Crippen MR) is 102 cm³/mol. The smallest absolute Gasteiger partial charge is 0.419 e. The number of rotatable bonds is 2. The number of aromatic nitrogens is 2. The van der Waals surface area contributed by atoms with E-state index in [1.165, 1.54) is 10.8 Å². The van der Waals surface area contributed by atoms with Crippen LogP contribution in [0.15, 0.2) is 18.3 Å². The van der Waals surface area contributed by atoms with Crippen LogP contribution in [0.1, 0.15) is 56.8 Å². The molecule has 2 atom stereocenters. The van der Waals surface area contributed by atoms with Crippen LogP contribution in [0.2, 0.25) is 5.15 Å². The number of fused-ring (bicyclic) bond motifs is 1. The molecule has 1 amide bonds. The Bertz CT molecular complexity index is 872. The van der Waals surface area contributed by atoms with E-state index >= 15 is 0 Å². The van der Waals surface area contributed by atoms with Crippen LogP contribution in [0.4, 0.5) is 4.79 Å². The number of pyridine rings is 1. The maximum atomic E-state index is 12.8. The minimum Gasteiger partial charge on any atom is -0.443 e. The van der Waals surface area contributed by atoms with Crippen molar-refractivity contribution in [2.24, 2.45) is 0 Å². The van der Waals surface area contributed by atoms with Gasteiger partial charge in [0.05, 0.1) is 23.2 Å². The molecule has 7 nitrogen and oxygen atoms in total. The molecule has 3 rings (SSSR count). The minimum atomic E-state index is -0.678. The second-order valence-corrected chi connectivity index (χ2v) is 8.21. The molecule has 1 fully saturated rings. The highest BCUT2D eigenvalue weighted by Gasteiger charge is 2.28. The summed E-state index contributed by atoms with van der Waals surface area (Å²) in [5.74, 6) is -0.400. The van der Waals surface area contributed by atoms with Crippen molar-refractivity contribution in [1.82, 2.24) is 14.9 Å². The van der Waals surface area contributed by atoms with Crippen molar-refractivity contribution in [2.45, 2.75) is 64.2 Å². The highest BCUT2D eigenvalue weighted by molar-refractivity contribution is 6.30. The number of hydrogen-bond acceptors (Lipinski definition) is 5. The fraction of sp³-hybridized carbons (Fsp3) is 0.526. The topological polar surface area (TPSA) is 93.5 Å². The van der Waals surface area contributed by atoms with E-state index in [1.807, 2.05) is 0 Å². The predicted octanol–water partition coefficient (Wildman–Crippen LogP) is 3.51. The third-order valence-electron chi connectivity index (χ3n) is 4.49. The van der Waals surface area contributed by atoms with E-state index in [4.69, 9.17) is 16.3 Å². The summed E-state index contributed by atoms with van der Waals surface area (Å²) in [5, 5.41) is 13.2. The zero-order valence-electron chi connectivity index (χ0n) is 15.7. The van der Waals surface area contributed by atoms with Crippen molar-refractivity contribution in [3.8, 4) is 0 Å². The summed E-state index contributed by atoms with van der Waals surface area (Å²) in [7, 11) is 0. The molecule has 1 aliphatic rings. The lowest BCUT2D eigenvalue weighted by Gasteiger charge is -2.28. The molecule has 0 aliphatic heterocycles. The fourth-order valence-electron chi connectivity index (χ4n) is 3.23. The Balaban J connectivity index is 1.96. The second-order valence-electron chi connectivity index (χ2n) is 7.83. The first-order chi connectivity index (χ1) is 12.7. The van der Waals surface area contributed by atoms with Crippen LogP contribution in [-0.2, 0) is 4.74 Å². The van der Waals surface area contributed by atoms with Crippen LogP contribution in [0.5, 0.6) is 0 Å². The van der Waals surface area contributed by atoms with E-state index in [0.717, 1.165) is 12.8 Å². The molecule has 2 aromatic rings. The molecule has 0 bridgehead atoms. The van der Waals surface area contributed by atoms with Gasteiger partial charge in [-0.15, -0.1) is 0 Å². The number of carbonyl (C=O) groups is 2. The van der Waals surface area contributed by atoms with Gasteiger partial charge in [0.1, 0.15) is 16.3 Å². The summed E-state index contributed by atoms with van der Waals surface area (Å²) >= 11 is 6.00. The van der Waals surface area contributed by atoms with Gasteiger partial charge in [-0.2, -0.15) is 0 Å². The molecule has 2 heterocycles. The number of halogens is 1. The monoisotopic (exact) mass is 393 g/mol. The van der Waals surface area contributed by atoms with Crippen LogP contribution < -0.4 is 5.32 Å². The summed E-state index contributed by atoms with van der Waals surface area (Å²) in [6.07, 6.45) is 3.51. The number of ether oxygens (including phenoxy) is 1. The summed E-state index contributed by atoms with van der Waals surface area (Å²) in [6, 6.07) is 2.86. The standard InChI is InChI=1S/C19H24ClN3O4/c1-19(2,3)27-18(26)23-10-11(16-13(23)8-9-15(20)22-16)17(25)21-12-6-4-5-7-14(12)24/h8-10,12,14,24H,4-7H2,1-3H3,(H,21,25). The van der Waals surface area contributed by atoms with Crippen molar-refractivity contribution >= 4 is 34.6 Å². The van der Waals surface area contributed by atoms with E-state index < -0.39 is 23.7 Å². The van der Waals surface area contributed by atoms with Crippen molar-refractivity contribution < 1.29 is 19.4 Å². The molecule has 0 radical (unpaired) electrons. The third-order valence-corrected chi connectivity index (χ3v) is 4.70. The molecule has 0 saturated heterocycles. The summed E-state index contributed by atoms with van der Waals surface area (Å²) in [6.45, 7) is 5.30. The Labute approximate surface area is 162 Å². The van der Waals surface area contributed by atoms with E-state index in [2.05, 4.69) is 10.3 Å². The average molecular weight is 394 g/mol. The average Bonchev–Trinajstić information content (AvgIpc) is 2.94. The molecule has 1 saturated carbocycles. The first-order valence-electron chi connectivity index (χ1n) is 9.05. The number of carbonyl (C=O) groups excluding carboxylic acids is 2. The number of nitrogens with one attached hydrogen (secondary N) is 1. The molecular formula is C19H24ClN3O4. The lowest BCUT2D eigenvalue weighted by atomic mass is 9.92. The van der Waals surface area contributed by atoms with E-state index in [-0.39, 0.29) is 16.8 Å². The van der Waals surface area contributed by atoms with Gasteiger partial charge in [0.2, 0.25) is 0 Å². The molecule has 8 heteroatoms. The molecule has 0 spiro atoms. The van der Waals surface area contributed by atoms with Crippen LogP contribution in [0, 0.1) is 0 Å². The van der Waals surface area contributed by atoms with Crippen molar-refractivity contribution in [3.63, 3.8) is 0 Å². The van der Waals surface area contributed by atoms with Gasteiger partial charge in [0.15, 0.2) is 0 Å². The number of hydrogen-bond donors (Lipinski definition) is 2. The van der Waals surface area contributed by atoms with Crippen LogP contribution in [0.25, 0.3) is 11.0 Å². The Morgan fingerprint density at radius 3 is 2.67 bits per heavy atom. The van der Waals surface area contributed by atoms with Gasteiger partial charge in [-0.25, -0.2) is 9.78 Å². The quantitative estimate of drug-likeness (QED) is 0.761. The number of aliphatic hydroxyl groups is 1. The van der Waals surface area contributed by atoms with Gasteiger partial charge < -0.3 is 15.2 Å². The minimum absolute atomic E-state index is 0.219. The van der Waals surface area contributed by atoms with Gasteiger partial charge in [-0.1, -0.05) is 24.4 Å². The number of aliphatic hydroxyl groups excluding tert-OH is 1. The lowest BCUT2D eigenvalue weighted by molar-refractivity contribution is 0.0544. The Hall–Kier alpha value is -2.12. The summed E-state index contributed by atoms with van der Waals surface area (Å²) < 4.78 is 6.67. The highest BCUT2D eigenvalue weighted by atomic mass is 35.5. The Morgan fingerprint density at radius 2 is 2.00 bits per heavy atom. The van der Waals surface area contributed by atoms with Crippen molar-refractivity contribution in [1.29, 1.82) is 0 Å². The molecule has 2 unspecified atom stereocenters. The van der Waals surface area contributed by atoms with E-state index in [1.54, 1.807) is 32.9 Å². The SMILES string of the molecule is CC(C)(C)OC(=O)n1cc(C(=O)NC2CCCCC2O)c2nc(Cl)ccc21. The molecule has 0 aromatic carbocycles.